The first kappa shape index (κ1) is 16.2. The van der Waals surface area contributed by atoms with Crippen LogP contribution in [0.25, 0.3) is 22.3 Å². The Hall–Kier alpha value is -3.68. The largest absolute Gasteiger partial charge is 0.456 e. The van der Waals surface area contributed by atoms with Crippen molar-refractivity contribution in [3.63, 3.8) is 0 Å². The molecule has 8 heteroatoms. The first-order chi connectivity index (χ1) is 14.5. The number of furan rings is 4. The Balaban J connectivity index is 1.12. The minimum Gasteiger partial charge on any atom is -0.456 e. The summed E-state index contributed by atoms with van der Waals surface area (Å²) in [5, 5.41) is 0. The molecule has 7 rings (SSSR count). The van der Waals surface area contributed by atoms with Crippen molar-refractivity contribution in [3.05, 3.63) is 46.5 Å². The third-order valence-corrected chi connectivity index (χ3v) is 6.82. The van der Waals surface area contributed by atoms with Gasteiger partial charge in [0.1, 0.15) is 22.3 Å². The van der Waals surface area contributed by atoms with Crippen molar-refractivity contribution in [3.8, 4) is 0 Å². The smallest absolute Gasteiger partial charge is 0.265 e. The molecule has 0 spiro atoms. The molecular formula is C22H14N2O6. The molecule has 30 heavy (non-hydrogen) atoms. The molecule has 148 valence electrons. The first-order valence-corrected chi connectivity index (χ1v) is 10.00. The molecule has 0 atom stereocenters. The van der Waals surface area contributed by atoms with Crippen molar-refractivity contribution >= 4 is 46.0 Å². The number of nitrogens with zero attached hydrogens (tertiary/aromatic N) is 2. The van der Waals surface area contributed by atoms with Crippen LogP contribution in [0.5, 0.6) is 0 Å². The molecule has 0 aromatic carbocycles. The molecule has 0 saturated heterocycles. The number of benzene rings is 2. The van der Waals surface area contributed by atoms with E-state index in [1.54, 1.807) is 24.3 Å². The van der Waals surface area contributed by atoms with Gasteiger partial charge in [-0.15, -0.1) is 0 Å². The fraction of sp³-hybridized carbons (Fsp3) is 0.273. The zero-order chi connectivity index (χ0) is 20.3. The third-order valence-electron chi connectivity index (χ3n) is 6.82. The Morgan fingerprint density at radius 1 is 0.533 bits per heavy atom. The fourth-order valence-electron chi connectivity index (χ4n) is 5.46. The van der Waals surface area contributed by atoms with Gasteiger partial charge in [0.05, 0.1) is 22.3 Å². The SMILES string of the molecule is O=C1c2c(c3ccc2o3)C(=O)N1C1CCC(N2C(=O)c3c(c4ccc3o4)C2=O)CC1. The summed E-state index contributed by atoms with van der Waals surface area (Å²) in [7, 11) is 0. The van der Waals surface area contributed by atoms with E-state index >= 15 is 0 Å². The second-order valence-corrected chi connectivity index (χ2v) is 8.25. The summed E-state index contributed by atoms with van der Waals surface area (Å²) in [6.07, 6.45) is 2.19. The highest BCUT2D eigenvalue weighted by Gasteiger charge is 2.49. The molecule has 6 heterocycles. The Morgan fingerprint density at radius 3 is 1.07 bits per heavy atom. The summed E-state index contributed by atoms with van der Waals surface area (Å²) in [5.41, 5.74) is 3.24. The van der Waals surface area contributed by atoms with Gasteiger partial charge in [-0.2, -0.15) is 0 Å². The Kier molecular flexibility index (Phi) is 2.73. The van der Waals surface area contributed by atoms with Gasteiger partial charge in [-0.1, -0.05) is 0 Å². The van der Waals surface area contributed by atoms with Crippen LogP contribution in [-0.2, 0) is 0 Å². The molecule has 1 fully saturated rings. The minimum atomic E-state index is -0.311. The number of amides is 4. The molecule has 2 aliphatic heterocycles. The van der Waals surface area contributed by atoms with E-state index in [9.17, 15) is 19.2 Å². The summed E-state index contributed by atoms with van der Waals surface area (Å²) in [6, 6.07) is 6.34. The lowest BCUT2D eigenvalue weighted by Gasteiger charge is -2.36. The lowest BCUT2D eigenvalue weighted by molar-refractivity contribution is 0.0423. The number of carbonyl (C=O) groups excluding carboxylic acids is 4. The van der Waals surface area contributed by atoms with Crippen molar-refractivity contribution < 1.29 is 28.0 Å². The van der Waals surface area contributed by atoms with E-state index in [1.807, 2.05) is 0 Å². The fourth-order valence-corrected chi connectivity index (χ4v) is 5.46. The van der Waals surface area contributed by atoms with E-state index in [4.69, 9.17) is 8.83 Å². The van der Waals surface area contributed by atoms with Gasteiger partial charge in [0.2, 0.25) is 0 Å². The van der Waals surface area contributed by atoms with Gasteiger partial charge in [-0.05, 0) is 49.9 Å². The maximum absolute atomic E-state index is 12.9. The van der Waals surface area contributed by atoms with Gasteiger partial charge in [0.25, 0.3) is 23.6 Å². The average Bonchev–Trinajstić information content (AvgIpc) is 3.56. The minimum absolute atomic E-state index is 0.245. The highest BCUT2D eigenvalue weighted by Crippen LogP contribution is 2.41. The molecule has 4 aromatic rings. The van der Waals surface area contributed by atoms with Crippen molar-refractivity contribution in [2.75, 3.05) is 0 Å². The second-order valence-electron chi connectivity index (χ2n) is 8.25. The second kappa shape index (κ2) is 5.08. The van der Waals surface area contributed by atoms with Crippen LogP contribution in [0, 0.1) is 0 Å². The Bertz CT molecular complexity index is 1210. The summed E-state index contributed by atoms with van der Waals surface area (Å²) in [4.78, 5) is 54.2. The molecule has 4 aromatic heterocycles. The van der Waals surface area contributed by atoms with Crippen molar-refractivity contribution in [2.45, 2.75) is 37.8 Å². The predicted octanol–water partition coefficient (Wildman–Crippen LogP) is 3.26. The molecule has 0 unspecified atom stereocenters. The molecular weight excluding hydrogens is 388 g/mol. The van der Waals surface area contributed by atoms with Crippen LogP contribution in [0.15, 0.2) is 33.1 Å². The first-order valence-electron chi connectivity index (χ1n) is 10.00. The van der Waals surface area contributed by atoms with Crippen LogP contribution in [0.4, 0.5) is 0 Å². The average molecular weight is 402 g/mol. The van der Waals surface area contributed by atoms with Crippen LogP contribution in [0.1, 0.15) is 67.1 Å². The predicted molar refractivity (Wildman–Crippen MR) is 102 cm³/mol. The summed E-state index contributed by atoms with van der Waals surface area (Å²) >= 11 is 0. The number of carbonyl (C=O) groups is 4. The standard InChI is InChI=1S/C22H14N2O6/c25-19-15-11-5-6-12(29-11)16(15)20(26)23(19)9-1-2-10(4-3-9)24-21(27)17-13-7-8-14(30-13)18(17)22(24)28/h5-10H,1-4H2. The zero-order valence-corrected chi connectivity index (χ0v) is 15.6. The molecule has 3 aliphatic rings. The van der Waals surface area contributed by atoms with E-state index in [-0.39, 0.29) is 35.7 Å². The van der Waals surface area contributed by atoms with E-state index < -0.39 is 0 Å². The highest BCUT2D eigenvalue weighted by atomic mass is 16.3. The summed E-state index contributed by atoms with van der Waals surface area (Å²) < 4.78 is 10.9. The van der Waals surface area contributed by atoms with Gasteiger partial charge < -0.3 is 8.83 Å². The zero-order valence-electron chi connectivity index (χ0n) is 15.6. The molecule has 0 radical (unpaired) electrons. The van der Waals surface area contributed by atoms with E-state index in [2.05, 4.69) is 0 Å². The lowest BCUT2D eigenvalue weighted by atomic mass is 9.89. The summed E-state index contributed by atoms with van der Waals surface area (Å²) in [6.45, 7) is 0. The van der Waals surface area contributed by atoms with Crippen LogP contribution < -0.4 is 0 Å². The quantitative estimate of drug-likeness (QED) is 0.477. The number of hydrogen-bond donors (Lipinski definition) is 0. The van der Waals surface area contributed by atoms with E-state index in [0.717, 1.165) is 0 Å². The van der Waals surface area contributed by atoms with Crippen LogP contribution >= 0.6 is 0 Å². The van der Waals surface area contributed by atoms with Crippen LogP contribution in [0.2, 0.25) is 0 Å². The molecule has 8 nitrogen and oxygen atoms in total. The molecule has 1 aliphatic carbocycles. The van der Waals surface area contributed by atoms with E-state index in [1.165, 1.54) is 9.80 Å². The lowest BCUT2D eigenvalue weighted by Crippen LogP contribution is -2.47. The van der Waals surface area contributed by atoms with Crippen molar-refractivity contribution in [1.29, 1.82) is 0 Å². The van der Waals surface area contributed by atoms with Crippen molar-refractivity contribution in [2.24, 2.45) is 0 Å². The Morgan fingerprint density at radius 2 is 0.800 bits per heavy atom. The number of hydrogen-bond acceptors (Lipinski definition) is 6. The molecule has 1 saturated carbocycles. The highest BCUT2D eigenvalue weighted by molar-refractivity contribution is 6.28. The maximum Gasteiger partial charge on any atom is 0.265 e. The maximum atomic E-state index is 12.9. The summed E-state index contributed by atoms with van der Waals surface area (Å²) in [5.74, 6) is -1.24. The number of rotatable bonds is 2. The van der Waals surface area contributed by atoms with Crippen LogP contribution in [-0.4, -0.2) is 45.5 Å². The number of imide groups is 2. The van der Waals surface area contributed by atoms with Gasteiger partial charge in [-0.3, -0.25) is 29.0 Å². The molecule has 0 N–H and O–H groups in total. The van der Waals surface area contributed by atoms with Crippen LogP contribution in [0.3, 0.4) is 0 Å². The third kappa shape index (κ3) is 1.70. The topological polar surface area (TPSA) is 101 Å². The normalized spacial score (nSPS) is 24.3. The van der Waals surface area contributed by atoms with Crippen molar-refractivity contribution in [1.82, 2.24) is 9.80 Å². The van der Waals surface area contributed by atoms with E-state index in [0.29, 0.717) is 70.3 Å². The Labute approximate surface area is 168 Å². The molecule has 4 amide bonds. The number of fused-ring (bicyclic) bond motifs is 10. The van der Waals surface area contributed by atoms with Gasteiger partial charge in [-0.25, -0.2) is 0 Å². The van der Waals surface area contributed by atoms with Gasteiger partial charge in [0.15, 0.2) is 0 Å². The molecule has 4 bridgehead atoms. The van der Waals surface area contributed by atoms with Gasteiger partial charge >= 0.3 is 0 Å². The van der Waals surface area contributed by atoms with Gasteiger partial charge in [0, 0.05) is 12.1 Å². The monoisotopic (exact) mass is 402 g/mol.